The molecule has 1 aliphatic heterocycles. The number of carbonyl (C=O) groups is 1. The summed E-state index contributed by atoms with van der Waals surface area (Å²) in [6.45, 7) is 1.50. The van der Waals surface area contributed by atoms with Crippen molar-refractivity contribution in [1.82, 2.24) is 14.9 Å². The average Bonchev–Trinajstić information content (AvgIpc) is 3.26. The summed E-state index contributed by atoms with van der Waals surface area (Å²) in [6, 6.07) is 14.3. The number of hydrogen-bond donors (Lipinski definition) is 1. The molecule has 1 aliphatic rings. The predicted molar refractivity (Wildman–Crippen MR) is 114 cm³/mol. The summed E-state index contributed by atoms with van der Waals surface area (Å²) in [5.74, 6) is 1.68. The lowest BCUT2D eigenvalue weighted by atomic mass is 9.96. The summed E-state index contributed by atoms with van der Waals surface area (Å²) in [6.07, 6.45) is 6.71. The van der Waals surface area contributed by atoms with Crippen molar-refractivity contribution < 1.29 is 9.53 Å². The molecule has 1 atom stereocenters. The molecule has 1 aromatic heterocycles. The number of anilines is 1. The zero-order valence-corrected chi connectivity index (χ0v) is 16.7. The minimum atomic E-state index is 0.128. The molecule has 1 amide bonds. The number of methoxy groups -OCH3 is 1. The number of ether oxygens (including phenoxy) is 1. The van der Waals surface area contributed by atoms with E-state index in [0.29, 0.717) is 18.9 Å². The standard InChI is InChI=1S/C23H26N4O2/c1-29-21-12-11-18(17-7-2-3-8-19(17)21)20-9-5-16-27(20)22(28)10-4-13-24-23-25-14-6-15-26-23/h2-3,6-8,11-12,14-15,20H,4-5,9-10,13,16H2,1H3,(H,24,25,26)/t20-/m0/s1. The van der Waals surface area contributed by atoms with E-state index in [9.17, 15) is 4.79 Å². The van der Waals surface area contributed by atoms with E-state index in [1.54, 1.807) is 25.6 Å². The highest BCUT2D eigenvalue weighted by Crippen LogP contribution is 2.39. The Bertz CT molecular complexity index is 977. The zero-order valence-electron chi connectivity index (χ0n) is 16.7. The fourth-order valence-electron chi connectivity index (χ4n) is 4.13. The van der Waals surface area contributed by atoms with Crippen molar-refractivity contribution in [3.63, 3.8) is 0 Å². The van der Waals surface area contributed by atoms with Crippen LogP contribution >= 0.6 is 0 Å². The van der Waals surface area contributed by atoms with E-state index in [1.807, 2.05) is 23.1 Å². The summed E-state index contributed by atoms with van der Waals surface area (Å²) in [7, 11) is 1.70. The molecular weight excluding hydrogens is 364 g/mol. The van der Waals surface area contributed by atoms with Crippen molar-refractivity contribution in [3.8, 4) is 5.75 Å². The molecule has 0 radical (unpaired) electrons. The van der Waals surface area contributed by atoms with Gasteiger partial charge < -0.3 is 15.0 Å². The van der Waals surface area contributed by atoms with Gasteiger partial charge in [-0.25, -0.2) is 9.97 Å². The maximum Gasteiger partial charge on any atom is 0.223 e. The van der Waals surface area contributed by atoms with E-state index in [1.165, 1.54) is 10.9 Å². The molecule has 150 valence electrons. The van der Waals surface area contributed by atoms with E-state index < -0.39 is 0 Å². The molecule has 4 rings (SSSR count). The van der Waals surface area contributed by atoms with Crippen LogP contribution in [0.3, 0.4) is 0 Å². The van der Waals surface area contributed by atoms with Crippen LogP contribution < -0.4 is 10.1 Å². The third-order valence-corrected chi connectivity index (χ3v) is 5.49. The average molecular weight is 390 g/mol. The van der Waals surface area contributed by atoms with Crippen LogP contribution in [0.1, 0.15) is 37.3 Å². The van der Waals surface area contributed by atoms with E-state index in [4.69, 9.17) is 4.74 Å². The third-order valence-electron chi connectivity index (χ3n) is 5.49. The van der Waals surface area contributed by atoms with Crippen LogP contribution in [0.15, 0.2) is 54.9 Å². The van der Waals surface area contributed by atoms with Crippen molar-refractivity contribution in [2.75, 3.05) is 25.5 Å². The highest BCUT2D eigenvalue weighted by Gasteiger charge is 2.30. The monoisotopic (exact) mass is 390 g/mol. The predicted octanol–water partition coefficient (Wildman–Crippen LogP) is 4.19. The molecule has 0 aliphatic carbocycles. The van der Waals surface area contributed by atoms with Gasteiger partial charge in [0.25, 0.3) is 0 Å². The van der Waals surface area contributed by atoms with Crippen LogP contribution in [0.4, 0.5) is 5.95 Å². The van der Waals surface area contributed by atoms with Gasteiger partial charge in [0.2, 0.25) is 11.9 Å². The molecule has 1 N–H and O–H groups in total. The second kappa shape index (κ2) is 8.90. The summed E-state index contributed by atoms with van der Waals surface area (Å²) < 4.78 is 5.52. The molecule has 6 nitrogen and oxygen atoms in total. The van der Waals surface area contributed by atoms with Gasteiger partial charge in [-0.1, -0.05) is 30.3 Å². The van der Waals surface area contributed by atoms with Gasteiger partial charge in [-0.15, -0.1) is 0 Å². The van der Waals surface area contributed by atoms with Crippen LogP contribution in [-0.4, -0.2) is 41.0 Å². The lowest BCUT2D eigenvalue weighted by Crippen LogP contribution is -2.30. The second-order valence-corrected chi connectivity index (χ2v) is 7.25. The smallest absolute Gasteiger partial charge is 0.223 e. The molecule has 0 spiro atoms. The van der Waals surface area contributed by atoms with Crippen LogP contribution in [-0.2, 0) is 4.79 Å². The lowest BCUT2D eigenvalue weighted by Gasteiger charge is -2.26. The Labute approximate surface area is 170 Å². The largest absolute Gasteiger partial charge is 0.496 e. The molecule has 6 heteroatoms. The fraction of sp³-hybridized carbons (Fsp3) is 0.348. The molecule has 0 unspecified atom stereocenters. The third kappa shape index (κ3) is 4.16. The Hall–Kier alpha value is -3.15. The molecule has 0 saturated carbocycles. The van der Waals surface area contributed by atoms with Gasteiger partial charge in [-0.3, -0.25) is 4.79 Å². The summed E-state index contributed by atoms with van der Waals surface area (Å²) in [5, 5.41) is 5.43. The minimum Gasteiger partial charge on any atom is -0.496 e. The van der Waals surface area contributed by atoms with Gasteiger partial charge in [0, 0.05) is 37.3 Å². The minimum absolute atomic E-state index is 0.128. The van der Waals surface area contributed by atoms with Gasteiger partial charge >= 0.3 is 0 Å². The highest BCUT2D eigenvalue weighted by molar-refractivity contribution is 5.92. The Morgan fingerprint density at radius 1 is 1.14 bits per heavy atom. The Morgan fingerprint density at radius 2 is 1.93 bits per heavy atom. The van der Waals surface area contributed by atoms with Crippen molar-refractivity contribution in [2.45, 2.75) is 31.7 Å². The van der Waals surface area contributed by atoms with Gasteiger partial charge in [0.05, 0.1) is 13.2 Å². The zero-order chi connectivity index (χ0) is 20.1. The molecule has 2 heterocycles. The maximum atomic E-state index is 12.9. The topological polar surface area (TPSA) is 67.3 Å². The van der Waals surface area contributed by atoms with Crippen molar-refractivity contribution in [1.29, 1.82) is 0 Å². The molecule has 1 fully saturated rings. The van der Waals surface area contributed by atoms with E-state index in [-0.39, 0.29) is 11.9 Å². The Balaban J connectivity index is 1.44. The number of nitrogens with one attached hydrogen (secondary N) is 1. The molecular formula is C23H26N4O2. The van der Waals surface area contributed by atoms with Crippen LogP contribution in [0.5, 0.6) is 5.75 Å². The number of fused-ring (bicyclic) bond motifs is 1. The molecule has 1 saturated heterocycles. The van der Waals surface area contributed by atoms with Crippen LogP contribution in [0.2, 0.25) is 0 Å². The van der Waals surface area contributed by atoms with E-state index >= 15 is 0 Å². The first-order valence-corrected chi connectivity index (χ1v) is 10.1. The number of carbonyl (C=O) groups excluding carboxylic acids is 1. The molecule has 0 bridgehead atoms. The van der Waals surface area contributed by atoms with Gasteiger partial charge in [0.1, 0.15) is 5.75 Å². The first kappa shape index (κ1) is 19.2. The number of benzene rings is 2. The highest BCUT2D eigenvalue weighted by atomic mass is 16.5. The first-order chi connectivity index (χ1) is 14.3. The number of hydrogen-bond acceptors (Lipinski definition) is 5. The van der Waals surface area contributed by atoms with Gasteiger partial charge in [0.15, 0.2) is 0 Å². The Kier molecular flexibility index (Phi) is 5.89. The van der Waals surface area contributed by atoms with E-state index in [0.717, 1.165) is 36.9 Å². The van der Waals surface area contributed by atoms with Crippen molar-refractivity contribution in [2.24, 2.45) is 0 Å². The van der Waals surface area contributed by atoms with Gasteiger partial charge in [-0.2, -0.15) is 0 Å². The normalized spacial score (nSPS) is 16.2. The Morgan fingerprint density at radius 3 is 2.72 bits per heavy atom. The summed E-state index contributed by atoms with van der Waals surface area (Å²) in [5.41, 5.74) is 1.21. The van der Waals surface area contributed by atoms with Crippen LogP contribution in [0.25, 0.3) is 10.8 Å². The van der Waals surface area contributed by atoms with Gasteiger partial charge in [-0.05, 0) is 42.3 Å². The van der Waals surface area contributed by atoms with Crippen LogP contribution in [0, 0.1) is 0 Å². The summed E-state index contributed by atoms with van der Waals surface area (Å²) >= 11 is 0. The lowest BCUT2D eigenvalue weighted by molar-refractivity contribution is -0.132. The number of likely N-dealkylation sites (tertiary alicyclic amines) is 1. The number of rotatable bonds is 7. The SMILES string of the molecule is COc1ccc([C@@H]2CCCN2C(=O)CCCNc2ncccn2)c2ccccc12. The first-order valence-electron chi connectivity index (χ1n) is 10.1. The number of nitrogens with zero attached hydrogens (tertiary/aromatic N) is 3. The molecule has 3 aromatic rings. The second-order valence-electron chi connectivity index (χ2n) is 7.25. The van der Waals surface area contributed by atoms with Crippen molar-refractivity contribution >= 4 is 22.6 Å². The van der Waals surface area contributed by atoms with E-state index in [2.05, 4.69) is 33.5 Å². The fourth-order valence-corrected chi connectivity index (χ4v) is 4.13. The molecule has 29 heavy (non-hydrogen) atoms. The summed E-state index contributed by atoms with van der Waals surface area (Å²) in [4.78, 5) is 23.3. The number of amides is 1. The molecule has 2 aromatic carbocycles. The number of aromatic nitrogens is 2. The maximum absolute atomic E-state index is 12.9. The van der Waals surface area contributed by atoms with Crippen molar-refractivity contribution in [3.05, 3.63) is 60.4 Å². The quantitative estimate of drug-likeness (QED) is 0.613.